The van der Waals surface area contributed by atoms with Crippen molar-refractivity contribution < 1.29 is 75.6 Å². The van der Waals surface area contributed by atoms with Crippen molar-refractivity contribution in [1.29, 1.82) is 0 Å². The van der Waals surface area contributed by atoms with Gasteiger partial charge in [0.05, 0.1) is 50.2 Å². The minimum atomic E-state index is -4.40. The fraction of sp³-hybridized carbons (Fsp3) is 0.403. The predicted octanol–water partition coefficient (Wildman–Crippen LogP) is 4.29. The van der Waals surface area contributed by atoms with Crippen molar-refractivity contribution in [1.82, 2.24) is 50.0 Å². The van der Waals surface area contributed by atoms with Gasteiger partial charge in [0.15, 0.2) is 35.9 Å². The summed E-state index contributed by atoms with van der Waals surface area (Å²) in [5, 5.41) is 24.0. The summed E-state index contributed by atoms with van der Waals surface area (Å²) >= 11 is 12.4. The van der Waals surface area contributed by atoms with E-state index in [9.17, 15) is 43.7 Å². The lowest BCUT2D eigenvalue weighted by molar-refractivity contribution is -0.131. The van der Waals surface area contributed by atoms with E-state index in [2.05, 4.69) is 58.0 Å². The number of aliphatic hydroxyl groups is 1. The topological polar surface area (TPSA) is 370 Å². The van der Waals surface area contributed by atoms with Crippen molar-refractivity contribution in [2.45, 2.75) is 112 Å². The van der Waals surface area contributed by atoms with Gasteiger partial charge in [-0.3, -0.25) is 42.4 Å². The average Bonchev–Trinajstić information content (AvgIpc) is 1.60. The first-order valence-electron chi connectivity index (χ1n) is 30.8. The molecule has 3 saturated heterocycles. The highest BCUT2D eigenvalue weighted by Crippen LogP contribution is 2.55. The van der Waals surface area contributed by atoms with Crippen molar-refractivity contribution in [3.8, 4) is 11.8 Å². The Kier molecular flexibility index (Phi) is 21.4. The highest BCUT2D eigenvalue weighted by Gasteiger charge is 2.53. The zero-order valence-corrected chi connectivity index (χ0v) is 55.4. The number of carbonyl (C=O) groups excluding carboxylic acids is 6. The van der Waals surface area contributed by atoms with Crippen LogP contribution in [0.25, 0.3) is 22.2 Å². The summed E-state index contributed by atoms with van der Waals surface area (Å²) in [6, 6.07) is 23.8. The van der Waals surface area contributed by atoms with E-state index in [1.54, 1.807) is 53.2 Å². The number of alkyl halides is 1. The second-order valence-electron chi connectivity index (χ2n) is 23.2. The van der Waals surface area contributed by atoms with Crippen LogP contribution in [0, 0.1) is 17.8 Å². The van der Waals surface area contributed by atoms with Gasteiger partial charge in [0.2, 0.25) is 29.6 Å². The van der Waals surface area contributed by atoms with Gasteiger partial charge < -0.3 is 69.9 Å². The molecule has 5 aliphatic heterocycles. The molecule has 12 rings (SSSR count). The Morgan fingerprint density at radius 1 is 0.750 bits per heavy atom. The first-order chi connectivity index (χ1) is 46.2. The summed E-state index contributed by atoms with van der Waals surface area (Å²) in [6.45, 7) is -10.6. The molecule has 34 heteroatoms. The number of anilines is 3. The van der Waals surface area contributed by atoms with E-state index >= 15 is 4.39 Å². The second kappa shape index (κ2) is 30.0. The number of carbonyl (C=O) groups is 6. The maximum absolute atomic E-state index is 16.8. The number of fused-ring (bicyclic) bond motifs is 6. The maximum atomic E-state index is 16.8. The molecule has 2 unspecified atom stereocenters. The molecule has 9 N–H and O–H groups in total. The van der Waals surface area contributed by atoms with Crippen LogP contribution < -0.4 is 31.9 Å². The lowest BCUT2D eigenvalue weighted by Crippen LogP contribution is -2.42. The molecule has 0 spiro atoms. The number of amides is 4. The van der Waals surface area contributed by atoms with Crippen molar-refractivity contribution >= 4 is 124 Å². The Bertz CT molecular complexity index is 4300. The third-order valence-corrected chi connectivity index (χ3v) is 20.8. The fourth-order valence-electron chi connectivity index (χ4n) is 11.8. The van der Waals surface area contributed by atoms with E-state index in [4.69, 9.17) is 56.9 Å². The molecule has 4 amide bonds. The summed E-state index contributed by atoms with van der Waals surface area (Å²) in [4.78, 5) is 126. The van der Waals surface area contributed by atoms with E-state index in [0.717, 1.165) is 44.8 Å². The number of thioether (sulfide) groups is 1. The van der Waals surface area contributed by atoms with E-state index < -0.39 is 118 Å². The molecule has 2 bridgehead atoms. The number of nitrogen functional groups attached to an aromatic ring is 1. The standard InChI is InChI=1S/C62H66FN13O15P2S3/c63-50-53-45(89-60(50)75-30-39-14-8-24-96-59-49(39)56(75)69-33-70-59)32-87-93(85,95)91-54-52(82)44(31-86-92(84,94)90-53)88-61(54)76-34-71-51-55(64)72-62(73-57(51)76)66-23-22-65-47(80)28-68-58(83)40(25-35-9-2-1-3-10-35)26-42(78)27-67-46(79)20-18-41(77)19-21-48(81)74-29-38-13-5-4-11-36(38)16-17-37-12-6-7-15-43(37)74/h1-7,9-13,15,30,33-34,40,44-45,50,52-54,60-61,82H,8,14,18-29,31-32H2,(H,65,80)(H,67,79)(H,68,83)(H,84,94)(H,85,95)(H3,64,66,72,73)/t40-,44-,45-,50-,52-,53-,54-,60-,61-,92?,93?/m1/s1. The summed E-state index contributed by atoms with van der Waals surface area (Å²) in [5.41, 5.74) is 11.6. The molecule has 504 valence electrons. The lowest BCUT2D eigenvalue weighted by atomic mass is 9.93. The van der Waals surface area contributed by atoms with Crippen LogP contribution in [-0.4, -0.2) is 166 Å². The second-order valence-corrected chi connectivity index (χ2v) is 29.9. The van der Waals surface area contributed by atoms with Gasteiger partial charge in [0, 0.05) is 68.4 Å². The van der Waals surface area contributed by atoms with Crippen molar-refractivity contribution in [3.63, 3.8) is 0 Å². The SMILES string of the molecule is Nc1nc(NCCNC(=O)CNC(=O)[C@@H](CC(=O)CNC(=O)CCC(=O)CCC(=O)N2Cc3ccccc3C#Cc3ccccc32)Cc2ccccc2)nc2c1ncn2[C@@H]1O[C@@H]2COP(O)(=S)O[C@H]3[C@@H](F)[C@H](n4cc5c6c(ncnc64)SCCC5)O[C@@H]3COP(O)(=S)O[C@@H]1[C@@H]2O. The smallest absolute Gasteiger partial charge is 0.325 e. The number of aliphatic hydroxyl groups excluding tert-OH is 1. The van der Waals surface area contributed by atoms with Crippen LogP contribution in [0.15, 0.2) is 103 Å². The molecule has 9 heterocycles. The zero-order chi connectivity index (χ0) is 67.3. The lowest BCUT2D eigenvalue weighted by Gasteiger charge is -2.27. The number of hydrogen-bond acceptors (Lipinski definition) is 23. The molecule has 5 aliphatic rings. The van der Waals surface area contributed by atoms with Gasteiger partial charge in [0.25, 0.3) is 0 Å². The molecule has 96 heavy (non-hydrogen) atoms. The number of benzene rings is 3. The number of hydrogen-bond donors (Lipinski definition) is 8. The molecule has 11 atom stereocenters. The predicted molar refractivity (Wildman–Crippen MR) is 354 cm³/mol. The fourth-order valence-corrected chi connectivity index (χ4v) is 15.7. The molecule has 7 aromatic rings. The minimum absolute atomic E-state index is 0.0135. The monoisotopic (exact) mass is 1410 g/mol. The van der Waals surface area contributed by atoms with Crippen LogP contribution in [0.4, 0.5) is 21.8 Å². The number of aromatic nitrogens is 7. The van der Waals surface area contributed by atoms with Crippen LogP contribution in [0.3, 0.4) is 0 Å². The Hall–Kier alpha value is -7.57. The van der Waals surface area contributed by atoms with Gasteiger partial charge in [-0.05, 0) is 83.5 Å². The number of ether oxygens (including phenoxy) is 2. The summed E-state index contributed by atoms with van der Waals surface area (Å²) in [7, 11) is 0. The van der Waals surface area contributed by atoms with Crippen LogP contribution in [0.5, 0.6) is 0 Å². The molecule has 3 aromatic carbocycles. The first kappa shape index (κ1) is 68.4. The molecule has 4 aromatic heterocycles. The highest BCUT2D eigenvalue weighted by atomic mass is 32.5. The average molecular weight is 1410 g/mol. The molecule has 0 saturated carbocycles. The van der Waals surface area contributed by atoms with Crippen LogP contribution in [0.2, 0.25) is 0 Å². The number of ketones is 2. The van der Waals surface area contributed by atoms with Gasteiger partial charge >= 0.3 is 13.4 Å². The van der Waals surface area contributed by atoms with E-state index in [1.807, 2.05) is 48.5 Å². The molecular formula is C62H66FN13O15P2S3. The van der Waals surface area contributed by atoms with Gasteiger partial charge in [-0.15, -0.1) is 11.8 Å². The Morgan fingerprint density at radius 3 is 2.28 bits per heavy atom. The summed E-state index contributed by atoms with van der Waals surface area (Å²) < 4.78 is 55.4. The van der Waals surface area contributed by atoms with Gasteiger partial charge in [-0.1, -0.05) is 72.5 Å². The third kappa shape index (κ3) is 16.0. The van der Waals surface area contributed by atoms with Crippen LogP contribution in [-0.2, 0) is 99.3 Å². The molecule has 0 radical (unpaired) electrons. The van der Waals surface area contributed by atoms with E-state index in [1.165, 1.54) is 21.8 Å². The Balaban J connectivity index is 0.615. The Morgan fingerprint density at radius 2 is 1.47 bits per heavy atom. The van der Waals surface area contributed by atoms with Gasteiger partial charge in [-0.25, -0.2) is 19.3 Å². The molecule has 0 aliphatic carbocycles. The minimum Gasteiger partial charge on any atom is -0.387 e. The van der Waals surface area contributed by atoms with Crippen molar-refractivity contribution in [3.05, 3.63) is 126 Å². The number of para-hydroxylation sites is 1. The van der Waals surface area contributed by atoms with Crippen LogP contribution >= 0.6 is 25.2 Å². The maximum Gasteiger partial charge on any atom is 0.325 e. The zero-order valence-electron chi connectivity index (χ0n) is 51.1. The van der Waals surface area contributed by atoms with Gasteiger partial charge in [0.1, 0.15) is 58.8 Å². The van der Waals surface area contributed by atoms with Gasteiger partial charge in [-0.2, -0.15) is 9.97 Å². The third-order valence-electron chi connectivity index (χ3n) is 16.6. The summed E-state index contributed by atoms with van der Waals surface area (Å²) in [6.07, 6.45) is -6.91. The number of nitrogens with one attached hydrogen (secondary N) is 4. The van der Waals surface area contributed by atoms with Crippen LogP contribution in [0.1, 0.15) is 78.8 Å². The molecule has 3 fully saturated rings. The van der Waals surface area contributed by atoms with E-state index in [0.29, 0.717) is 23.3 Å². The van der Waals surface area contributed by atoms with Crippen molar-refractivity contribution in [2.24, 2.45) is 5.92 Å². The van der Waals surface area contributed by atoms with E-state index in [-0.39, 0.29) is 92.8 Å². The number of Topliss-reactive ketones (excluding diaryl/α,β-unsaturated/α-hetero) is 2. The number of nitrogens with zero attached hydrogens (tertiary/aromatic N) is 8. The Labute approximate surface area is 562 Å². The number of imidazole rings is 1. The first-order valence-corrected chi connectivity index (χ1v) is 36.9. The normalized spacial score (nSPS) is 24.9. The van der Waals surface area contributed by atoms with Crippen molar-refractivity contribution in [2.75, 3.05) is 61.1 Å². The summed E-state index contributed by atoms with van der Waals surface area (Å²) in [5.74, 6) is 3.37. The highest BCUT2D eigenvalue weighted by molar-refractivity contribution is 8.07. The number of aryl methyl sites for hydroxylation is 1. The largest absolute Gasteiger partial charge is 0.387 e. The quantitative estimate of drug-likeness (QED) is 0.0215. The number of rotatable bonds is 21. The number of halogens is 1. The number of nitrogens with two attached hydrogens (primary N) is 1. The molecule has 28 nitrogen and oxygen atoms in total. The molecular weight excluding hydrogens is 1340 g/mol.